The monoisotopic (exact) mass is 288 g/mol. The Morgan fingerprint density at radius 3 is 2.90 bits per heavy atom. The molecule has 2 N–H and O–H groups in total. The lowest BCUT2D eigenvalue weighted by atomic mass is 10.0. The third-order valence-electron chi connectivity index (χ3n) is 4.04. The van der Waals surface area contributed by atoms with Gasteiger partial charge in [-0.1, -0.05) is 36.8 Å². The predicted molar refractivity (Wildman–Crippen MR) is 84.0 cm³/mol. The second-order valence-electron chi connectivity index (χ2n) is 5.36. The van der Waals surface area contributed by atoms with Gasteiger partial charge < -0.3 is 10.4 Å². The first-order chi connectivity index (χ1) is 9.86. The van der Waals surface area contributed by atoms with E-state index < -0.39 is 0 Å². The Hall–Kier alpha value is -1.39. The highest BCUT2D eigenvalue weighted by Gasteiger charge is 2.27. The Kier molecular flexibility index (Phi) is 4.33. The molecule has 3 rings (SSSR count). The van der Waals surface area contributed by atoms with E-state index in [1.165, 1.54) is 19.3 Å². The summed E-state index contributed by atoms with van der Waals surface area (Å²) >= 11 is 1.67. The van der Waals surface area contributed by atoms with Crippen LogP contribution in [0.4, 0.5) is 5.13 Å². The molecule has 1 aliphatic rings. The number of aromatic nitrogens is 1. The van der Waals surface area contributed by atoms with Gasteiger partial charge in [0.15, 0.2) is 5.13 Å². The zero-order chi connectivity index (χ0) is 13.8. The van der Waals surface area contributed by atoms with Crippen LogP contribution in [0.3, 0.4) is 0 Å². The molecule has 106 valence electrons. The molecule has 1 saturated carbocycles. The fraction of sp³-hybridized carbons (Fsp3) is 0.438. The summed E-state index contributed by atoms with van der Waals surface area (Å²) in [5, 5.41) is 15.8. The van der Waals surface area contributed by atoms with Crippen LogP contribution in [0.25, 0.3) is 11.3 Å². The minimum absolute atomic E-state index is 0.288. The summed E-state index contributed by atoms with van der Waals surface area (Å²) in [7, 11) is 0. The number of thiazole rings is 1. The van der Waals surface area contributed by atoms with Crippen molar-refractivity contribution in [1.82, 2.24) is 4.98 Å². The van der Waals surface area contributed by atoms with E-state index in [1.54, 1.807) is 11.3 Å². The Balaban J connectivity index is 1.68. The van der Waals surface area contributed by atoms with Crippen molar-refractivity contribution in [3.8, 4) is 11.3 Å². The number of hydrogen-bond acceptors (Lipinski definition) is 4. The summed E-state index contributed by atoms with van der Waals surface area (Å²) in [5.74, 6) is 0.587. The highest BCUT2D eigenvalue weighted by Crippen LogP contribution is 2.32. The zero-order valence-electron chi connectivity index (χ0n) is 11.5. The van der Waals surface area contributed by atoms with Gasteiger partial charge in [0, 0.05) is 23.6 Å². The first-order valence-electron chi connectivity index (χ1n) is 7.25. The van der Waals surface area contributed by atoms with Crippen molar-refractivity contribution >= 4 is 16.5 Å². The molecule has 1 heterocycles. The third-order valence-corrected chi connectivity index (χ3v) is 4.82. The van der Waals surface area contributed by atoms with Crippen molar-refractivity contribution < 1.29 is 5.11 Å². The van der Waals surface area contributed by atoms with Crippen molar-refractivity contribution in [2.75, 3.05) is 11.9 Å². The molecule has 20 heavy (non-hydrogen) atoms. The normalized spacial score (nSPS) is 22.1. The average molecular weight is 288 g/mol. The van der Waals surface area contributed by atoms with E-state index in [2.05, 4.69) is 27.8 Å². The van der Waals surface area contributed by atoms with Crippen LogP contribution in [0.15, 0.2) is 35.7 Å². The number of rotatable bonds is 5. The molecular formula is C16H20N2OS. The number of benzene rings is 1. The minimum Gasteiger partial charge on any atom is -0.396 e. The van der Waals surface area contributed by atoms with Crippen LogP contribution in [0.5, 0.6) is 0 Å². The molecule has 0 radical (unpaired) electrons. The van der Waals surface area contributed by atoms with E-state index in [4.69, 9.17) is 5.11 Å². The number of anilines is 1. The summed E-state index contributed by atoms with van der Waals surface area (Å²) in [4.78, 5) is 4.68. The van der Waals surface area contributed by atoms with Crippen LogP contribution in [0.1, 0.15) is 25.7 Å². The lowest BCUT2D eigenvalue weighted by Crippen LogP contribution is -2.24. The van der Waals surface area contributed by atoms with E-state index in [1.807, 2.05) is 18.2 Å². The van der Waals surface area contributed by atoms with Gasteiger partial charge in [0.25, 0.3) is 0 Å². The van der Waals surface area contributed by atoms with E-state index >= 15 is 0 Å². The highest BCUT2D eigenvalue weighted by molar-refractivity contribution is 7.14. The van der Waals surface area contributed by atoms with E-state index in [0.717, 1.165) is 22.8 Å². The van der Waals surface area contributed by atoms with Crippen molar-refractivity contribution in [3.63, 3.8) is 0 Å². The average Bonchev–Trinajstić information content (AvgIpc) is 3.11. The molecule has 0 amide bonds. The number of nitrogens with zero attached hydrogens (tertiary/aromatic N) is 1. The second-order valence-corrected chi connectivity index (χ2v) is 6.22. The fourth-order valence-electron chi connectivity index (χ4n) is 2.98. The first kappa shape index (κ1) is 13.6. The molecule has 0 aliphatic heterocycles. The Morgan fingerprint density at radius 1 is 1.25 bits per heavy atom. The highest BCUT2D eigenvalue weighted by atomic mass is 32.1. The molecule has 1 aromatic heterocycles. The molecule has 1 fully saturated rings. The van der Waals surface area contributed by atoms with Gasteiger partial charge in [0.05, 0.1) is 5.69 Å². The largest absolute Gasteiger partial charge is 0.396 e. The summed E-state index contributed by atoms with van der Waals surface area (Å²) in [6.07, 6.45) is 4.55. The number of hydrogen-bond donors (Lipinski definition) is 2. The lowest BCUT2D eigenvalue weighted by Gasteiger charge is -2.19. The molecule has 2 atom stereocenters. The maximum atomic E-state index is 9.12. The quantitative estimate of drug-likeness (QED) is 0.880. The minimum atomic E-state index is 0.288. The van der Waals surface area contributed by atoms with Crippen molar-refractivity contribution in [2.45, 2.75) is 31.7 Å². The van der Waals surface area contributed by atoms with Gasteiger partial charge in [-0.3, -0.25) is 0 Å². The molecule has 3 nitrogen and oxygen atoms in total. The zero-order valence-corrected chi connectivity index (χ0v) is 12.3. The van der Waals surface area contributed by atoms with Crippen LogP contribution < -0.4 is 5.32 Å². The van der Waals surface area contributed by atoms with Crippen LogP contribution in [0.2, 0.25) is 0 Å². The van der Waals surface area contributed by atoms with E-state index in [0.29, 0.717) is 12.0 Å². The van der Waals surface area contributed by atoms with Gasteiger partial charge >= 0.3 is 0 Å². The lowest BCUT2D eigenvalue weighted by molar-refractivity contribution is 0.254. The molecule has 4 heteroatoms. The number of nitrogens with one attached hydrogen (secondary N) is 1. The molecular weight excluding hydrogens is 268 g/mol. The summed E-state index contributed by atoms with van der Waals surface area (Å²) in [5.41, 5.74) is 2.20. The molecule has 2 aromatic rings. The number of aliphatic hydroxyl groups excluding tert-OH is 1. The summed E-state index contributed by atoms with van der Waals surface area (Å²) < 4.78 is 0. The Labute approximate surface area is 123 Å². The van der Waals surface area contributed by atoms with Crippen LogP contribution in [-0.4, -0.2) is 22.7 Å². The van der Waals surface area contributed by atoms with Gasteiger partial charge in [0.1, 0.15) is 0 Å². The van der Waals surface area contributed by atoms with Gasteiger partial charge in [-0.25, -0.2) is 4.98 Å². The predicted octanol–water partition coefficient (Wildman–Crippen LogP) is 3.77. The van der Waals surface area contributed by atoms with Crippen molar-refractivity contribution in [3.05, 3.63) is 35.7 Å². The van der Waals surface area contributed by atoms with Gasteiger partial charge in [-0.05, 0) is 25.2 Å². The first-order valence-corrected chi connectivity index (χ1v) is 8.13. The molecule has 0 bridgehead atoms. The third kappa shape index (κ3) is 3.02. The van der Waals surface area contributed by atoms with Gasteiger partial charge in [-0.15, -0.1) is 11.3 Å². The smallest absolute Gasteiger partial charge is 0.183 e. The fourth-order valence-corrected chi connectivity index (χ4v) is 3.76. The van der Waals surface area contributed by atoms with E-state index in [9.17, 15) is 0 Å². The van der Waals surface area contributed by atoms with Crippen LogP contribution >= 0.6 is 11.3 Å². The van der Waals surface area contributed by atoms with Gasteiger partial charge in [0.2, 0.25) is 0 Å². The van der Waals surface area contributed by atoms with Crippen molar-refractivity contribution in [1.29, 1.82) is 0 Å². The Bertz CT molecular complexity index is 540. The SMILES string of the molecule is OCCC1CCCC1Nc1nc(-c2ccccc2)cs1. The number of aliphatic hydroxyl groups is 1. The molecule has 1 aromatic carbocycles. The molecule has 0 spiro atoms. The summed E-state index contributed by atoms with van der Waals surface area (Å²) in [6.45, 7) is 0.288. The molecule has 2 unspecified atom stereocenters. The van der Waals surface area contributed by atoms with Gasteiger partial charge in [-0.2, -0.15) is 0 Å². The Morgan fingerprint density at radius 2 is 2.10 bits per heavy atom. The van der Waals surface area contributed by atoms with Crippen LogP contribution in [0, 0.1) is 5.92 Å². The van der Waals surface area contributed by atoms with Crippen LogP contribution in [-0.2, 0) is 0 Å². The van der Waals surface area contributed by atoms with Crippen molar-refractivity contribution in [2.24, 2.45) is 5.92 Å². The maximum Gasteiger partial charge on any atom is 0.183 e. The topological polar surface area (TPSA) is 45.1 Å². The molecule has 0 saturated heterocycles. The summed E-state index contributed by atoms with van der Waals surface area (Å²) in [6, 6.07) is 10.7. The second kappa shape index (κ2) is 6.37. The standard InChI is InChI=1S/C16H20N2OS/c19-10-9-13-7-4-8-14(13)17-16-18-15(11-20-16)12-5-2-1-3-6-12/h1-3,5-6,11,13-14,19H,4,7-10H2,(H,17,18). The molecule has 1 aliphatic carbocycles. The van der Waals surface area contributed by atoms with E-state index in [-0.39, 0.29) is 6.61 Å². The maximum absolute atomic E-state index is 9.12.